The molecule has 0 atom stereocenters. The summed E-state index contributed by atoms with van der Waals surface area (Å²) in [5.74, 6) is 0. The molecule has 26 heavy (non-hydrogen) atoms. The van der Waals surface area contributed by atoms with Gasteiger partial charge in [-0.25, -0.2) is 0 Å². The fourth-order valence-electron chi connectivity index (χ4n) is 3.27. The van der Waals surface area contributed by atoms with E-state index in [1.54, 1.807) is 0 Å². The van der Waals surface area contributed by atoms with Gasteiger partial charge in [-0.05, 0) is 60.7 Å². The van der Waals surface area contributed by atoms with Crippen LogP contribution in [-0.2, 0) is 0 Å². The van der Waals surface area contributed by atoms with Gasteiger partial charge in [-0.1, -0.05) is 72.8 Å². The second-order valence-electron chi connectivity index (χ2n) is 6.97. The van der Waals surface area contributed by atoms with Crippen LogP contribution in [0.1, 0.15) is 38.9 Å². The van der Waals surface area contributed by atoms with E-state index in [0.29, 0.717) is 0 Å². The fraction of sp³-hybridized carbons (Fsp3) is 0.120. The van der Waals surface area contributed by atoms with Crippen molar-refractivity contribution in [2.75, 3.05) is 5.73 Å². The van der Waals surface area contributed by atoms with Crippen LogP contribution >= 0.6 is 0 Å². The second-order valence-corrected chi connectivity index (χ2v) is 6.97. The molecule has 1 heteroatoms. The van der Waals surface area contributed by atoms with E-state index in [4.69, 9.17) is 5.73 Å². The lowest BCUT2D eigenvalue weighted by Crippen LogP contribution is -2.02. The molecule has 130 valence electrons. The number of nitrogen functional groups attached to an aromatic ring is 1. The Morgan fingerprint density at radius 2 is 1.08 bits per heavy atom. The van der Waals surface area contributed by atoms with Crippen LogP contribution in [0.4, 0.5) is 5.69 Å². The summed E-state index contributed by atoms with van der Waals surface area (Å²) in [5.41, 5.74) is 16.9. The molecule has 1 nitrogen and oxygen atoms in total. The lowest BCUT2D eigenvalue weighted by Gasteiger charge is -2.17. The van der Waals surface area contributed by atoms with E-state index in [0.717, 1.165) is 44.7 Å². The summed E-state index contributed by atoms with van der Waals surface area (Å²) in [7, 11) is 0. The Morgan fingerprint density at radius 3 is 1.46 bits per heavy atom. The molecule has 0 saturated carbocycles. The zero-order valence-corrected chi connectivity index (χ0v) is 15.8. The van der Waals surface area contributed by atoms with Gasteiger partial charge in [0.1, 0.15) is 0 Å². The van der Waals surface area contributed by atoms with Gasteiger partial charge in [-0.2, -0.15) is 0 Å². The Labute approximate surface area is 156 Å². The predicted octanol–water partition coefficient (Wildman–Crippen LogP) is 6.32. The van der Waals surface area contributed by atoms with Crippen LogP contribution in [0.15, 0.2) is 73.8 Å². The fourth-order valence-corrected chi connectivity index (χ4v) is 3.27. The number of nitrogens with two attached hydrogens (primary N) is 1. The van der Waals surface area contributed by atoms with E-state index in [-0.39, 0.29) is 0 Å². The lowest BCUT2D eigenvalue weighted by molar-refractivity contribution is 1.39. The molecule has 0 aromatic heterocycles. The van der Waals surface area contributed by atoms with Gasteiger partial charge >= 0.3 is 0 Å². The van der Waals surface area contributed by atoms with Gasteiger partial charge in [-0.15, -0.1) is 0 Å². The van der Waals surface area contributed by atoms with Crippen molar-refractivity contribution < 1.29 is 0 Å². The molecule has 0 radical (unpaired) electrons. The third-order valence-corrected chi connectivity index (χ3v) is 4.71. The Hall–Kier alpha value is -3.06. The van der Waals surface area contributed by atoms with Crippen LogP contribution in [0.5, 0.6) is 0 Å². The van der Waals surface area contributed by atoms with E-state index < -0.39 is 0 Å². The number of rotatable bonds is 4. The van der Waals surface area contributed by atoms with Gasteiger partial charge in [0.2, 0.25) is 0 Å². The smallest absolute Gasteiger partial charge is 0.0473 e. The Balaban J connectivity index is 2.09. The van der Waals surface area contributed by atoms with Crippen LogP contribution in [0, 0.1) is 20.8 Å². The monoisotopic (exact) mass is 339 g/mol. The summed E-state index contributed by atoms with van der Waals surface area (Å²) < 4.78 is 0. The minimum atomic E-state index is 0.730. The molecular weight excluding hydrogens is 314 g/mol. The molecule has 0 saturated heterocycles. The van der Waals surface area contributed by atoms with Crippen molar-refractivity contribution in [3.8, 4) is 0 Å². The molecule has 0 fully saturated rings. The first-order valence-corrected chi connectivity index (χ1v) is 8.79. The Bertz CT molecular complexity index is 930. The normalized spacial score (nSPS) is 10.6. The largest absolute Gasteiger partial charge is 0.398 e. The quantitative estimate of drug-likeness (QED) is 0.553. The van der Waals surface area contributed by atoms with Crippen LogP contribution in [-0.4, -0.2) is 0 Å². The second kappa shape index (κ2) is 7.05. The number of benzene rings is 3. The maximum absolute atomic E-state index is 6.58. The molecule has 0 amide bonds. The summed E-state index contributed by atoms with van der Waals surface area (Å²) >= 11 is 0. The summed E-state index contributed by atoms with van der Waals surface area (Å²) in [6, 6.07) is 20.9. The average Bonchev–Trinajstić information content (AvgIpc) is 2.62. The predicted molar refractivity (Wildman–Crippen MR) is 114 cm³/mol. The molecule has 3 aromatic rings. The molecule has 3 aromatic carbocycles. The van der Waals surface area contributed by atoms with E-state index in [1.807, 2.05) is 0 Å². The first-order chi connectivity index (χ1) is 12.4. The van der Waals surface area contributed by atoms with Crippen molar-refractivity contribution in [2.24, 2.45) is 0 Å². The molecule has 3 rings (SSSR count). The van der Waals surface area contributed by atoms with Gasteiger partial charge in [0.15, 0.2) is 0 Å². The average molecular weight is 339 g/mol. The zero-order valence-electron chi connectivity index (χ0n) is 15.8. The zero-order chi connectivity index (χ0) is 18.8. The van der Waals surface area contributed by atoms with Crippen molar-refractivity contribution >= 4 is 16.8 Å². The molecule has 0 aliphatic carbocycles. The first-order valence-electron chi connectivity index (χ1n) is 8.79. The molecule has 0 unspecified atom stereocenters. The van der Waals surface area contributed by atoms with Crippen LogP contribution < -0.4 is 5.73 Å². The highest BCUT2D eigenvalue weighted by Gasteiger charge is 2.14. The Morgan fingerprint density at radius 1 is 0.654 bits per heavy atom. The molecular formula is C25H25N. The third kappa shape index (κ3) is 3.48. The summed E-state index contributed by atoms with van der Waals surface area (Å²) in [4.78, 5) is 0. The summed E-state index contributed by atoms with van der Waals surface area (Å²) in [6.07, 6.45) is 0. The van der Waals surface area contributed by atoms with Crippen molar-refractivity contribution in [3.63, 3.8) is 0 Å². The number of anilines is 1. The molecule has 2 N–H and O–H groups in total. The van der Waals surface area contributed by atoms with E-state index in [2.05, 4.69) is 94.6 Å². The molecule has 0 bridgehead atoms. The van der Waals surface area contributed by atoms with Gasteiger partial charge in [-0.3, -0.25) is 0 Å². The standard InChI is InChI=1S/C25H25N/c1-16-8-6-10-21(12-16)19(4)23-14-18(3)15-24(25(23)26)20(5)22-11-7-9-17(2)13-22/h6-15H,4-5,26H2,1-3H3. The number of aryl methyl sites for hydroxylation is 3. The minimum Gasteiger partial charge on any atom is -0.398 e. The first kappa shape index (κ1) is 17.8. The summed E-state index contributed by atoms with van der Waals surface area (Å²) in [6.45, 7) is 14.9. The van der Waals surface area contributed by atoms with Gasteiger partial charge in [0, 0.05) is 16.8 Å². The lowest BCUT2D eigenvalue weighted by atomic mass is 9.89. The maximum Gasteiger partial charge on any atom is 0.0473 e. The molecule has 0 spiro atoms. The van der Waals surface area contributed by atoms with Crippen LogP contribution in [0.3, 0.4) is 0 Å². The van der Waals surface area contributed by atoms with E-state index >= 15 is 0 Å². The van der Waals surface area contributed by atoms with E-state index in [9.17, 15) is 0 Å². The highest BCUT2D eigenvalue weighted by atomic mass is 14.6. The molecule has 0 heterocycles. The highest BCUT2D eigenvalue weighted by Crippen LogP contribution is 2.35. The van der Waals surface area contributed by atoms with Crippen molar-refractivity contribution in [3.05, 3.63) is 113 Å². The highest BCUT2D eigenvalue weighted by molar-refractivity contribution is 5.93. The van der Waals surface area contributed by atoms with Gasteiger partial charge in [0.05, 0.1) is 0 Å². The Kier molecular flexibility index (Phi) is 4.81. The van der Waals surface area contributed by atoms with Crippen molar-refractivity contribution in [1.82, 2.24) is 0 Å². The maximum atomic E-state index is 6.58. The third-order valence-electron chi connectivity index (χ3n) is 4.71. The number of hydrogen-bond acceptors (Lipinski definition) is 1. The van der Waals surface area contributed by atoms with Gasteiger partial charge < -0.3 is 5.73 Å². The van der Waals surface area contributed by atoms with Gasteiger partial charge in [0.25, 0.3) is 0 Å². The van der Waals surface area contributed by atoms with Crippen molar-refractivity contribution in [1.29, 1.82) is 0 Å². The molecule has 0 aliphatic heterocycles. The minimum absolute atomic E-state index is 0.730. The number of hydrogen-bond donors (Lipinski definition) is 1. The SMILES string of the molecule is C=C(c1cccc(C)c1)c1cc(C)cc(C(=C)c2cccc(C)c2)c1N. The van der Waals surface area contributed by atoms with Crippen molar-refractivity contribution in [2.45, 2.75) is 20.8 Å². The van der Waals surface area contributed by atoms with Crippen LogP contribution in [0.2, 0.25) is 0 Å². The topological polar surface area (TPSA) is 26.0 Å². The summed E-state index contributed by atoms with van der Waals surface area (Å²) in [5, 5.41) is 0. The van der Waals surface area contributed by atoms with Crippen LogP contribution in [0.25, 0.3) is 11.1 Å². The van der Waals surface area contributed by atoms with E-state index in [1.165, 1.54) is 11.1 Å². The molecule has 0 aliphatic rings.